The highest BCUT2D eigenvalue weighted by Gasteiger charge is 2.02. The molecule has 21 heavy (non-hydrogen) atoms. The molecule has 0 radical (unpaired) electrons. The normalized spacial score (nSPS) is 14.6. The van der Waals surface area contributed by atoms with Crippen LogP contribution in [0.1, 0.15) is 27.2 Å². The number of hydrogen-bond donors (Lipinski definition) is 1. The van der Waals surface area contributed by atoms with E-state index in [9.17, 15) is 0 Å². The van der Waals surface area contributed by atoms with E-state index in [1.54, 1.807) is 19.5 Å². The zero-order chi connectivity index (χ0) is 16.1. The van der Waals surface area contributed by atoms with Gasteiger partial charge in [0.05, 0.1) is 5.70 Å². The lowest BCUT2D eigenvalue weighted by Gasteiger charge is -2.07. The molecule has 0 atom stereocenters. The molecule has 0 heterocycles. The summed E-state index contributed by atoms with van der Waals surface area (Å²) in [5.74, 6) is 0. The van der Waals surface area contributed by atoms with E-state index >= 15 is 0 Å². The van der Waals surface area contributed by atoms with Crippen LogP contribution in [0.2, 0.25) is 0 Å². The molecule has 0 bridgehead atoms. The second kappa shape index (κ2) is 11.6. The minimum atomic E-state index is 0.910. The smallest absolute Gasteiger partial charge is 0.0851 e. The Morgan fingerprint density at radius 1 is 1.33 bits per heavy atom. The number of nitrogens with one attached hydrogen (secondary N) is 1. The van der Waals surface area contributed by atoms with Crippen molar-refractivity contribution in [3.63, 3.8) is 0 Å². The molecule has 0 rings (SSSR count). The largest absolute Gasteiger partial charge is 0.392 e. The third-order valence-electron chi connectivity index (χ3n) is 2.68. The SMILES string of the molecule is C=C(/C=C\C=N/C)/C(C)=C/C(=C\CC)C(=C/NC)/N=C\C. The van der Waals surface area contributed by atoms with Crippen molar-refractivity contribution in [3.8, 4) is 0 Å². The van der Waals surface area contributed by atoms with Gasteiger partial charge in [-0.25, -0.2) is 0 Å². The van der Waals surface area contributed by atoms with Crippen LogP contribution < -0.4 is 5.32 Å². The van der Waals surface area contributed by atoms with Gasteiger partial charge in [-0.05, 0) is 49.1 Å². The molecule has 0 aliphatic rings. The van der Waals surface area contributed by atoms with Gasteiger partial charge in [0, 0.05) is 32.7 Å². The standard InChI is InChI=1S/C18H27N3/c1-7-10-17(18(14-20-6)21-8-2)13-16(4)15(3)11-9-12-19-5/h8-14,20H,3,7H2,1-2,4-6H3/b11-9-,16-13+,17-10+,18-14-,19-12-,21-8-. The fraction of sp³-hybridized carbons (Fsp3) is 0.333. The van der Waals surface area contributed by atoms with Crippen molar-refractivity contribution in [2.45, 2.75) is 27.2 Å². The first kappa shape index (κ1) is 18.8. The van der Waals surface area contributed by atoms with Crippen molar-refractivity contribution in [1.82, 2.24) is 5.32 Å². The molecule has 0 aliphatic carbocycles. The molecular weight excluding hydrogens is 258 g/mol. The van der Waals surface area contributed by atoms with Crippen LogP contribution in [0.15, 0.2) is 69.5 Å². The third-order valence-corrected chi connectivity index (χ3v) is 2.68. The van der Waals surface area contributed by atoms with Gasteiger partial charge in [-0.3, -0.25) is 9.98 Å². The Hall–Kier alpha value is -2.16. The molecule has 0 aliphatic heterocycles. The van der Waals surface area contributed by atoms with E-state index in [1.807, 2.05) is 39.2 Å². The predicted molar refractivity (Wildman–Crippen MR) is 96.1 cm³/mol. The monoisotopic (exact) mass is 285 g/mol. The van der Waals surface area contributed by atoms with Gasteiger partial charge in [0.2, 0.25) is 0 Å². The molecule has 0 spiro atoms. The molecule has 1 N–H and O–H groups in total. The third kappa shape index (κ3) is 7.88. The van der Waals surface area contributed by atoms with E-state index in [0.717, 1.165) is 28.8 Å². The number of nitrogens with zero attached hydrogens (tertiary/aromatic N) is 2. The Balaban J connectivity index is 5.41. The summed E-state index contributed by atoms with van der Waals surface area (Å²) in [6, 6.07) is 0. The highest BCUT2D eigenvalue weighted by molar-refractivity contribution is 5.72. The van der Waals surface area contributed by atoms with Crippen molar-refractivity contribution < 1.29 is 0 Å². The molecule has 0 saturated carbocycles. The first-order valence-corrected chi connectivity index (χ1v) is 7.13. The molecule has 0 unspecified atom stereocenters. The topological polar surface area (TPSA) is 36.8 Å². The second-order valence-corrected chi connectivity index (χ2v) is 4.39. The molecular formula is C18H27N3. The fourth-order valence-electron chi connectivity index (χ4n) is 1.63. The van der Waals surface area contributed by atoms with Gasteiger partial charge in [0.15, 0.2) is 0 Å². The van der Waals surface area contributed by atoms with Crippen LogP contribution in [0.5, 0.6) is 0 Å². The van der Waals surface area contributed by atoms with Gasteiger partial charge < -0.3 is 5.32 Å². The van der Waals surface area contributed by atoms with Crippen LogP contribution in [0.4, 0.5) is 0 Å². The van der Waals surface area contributed by atoms with Crippen LogP contribution in [-0.2, 0) is 0 Å². The Morgan fingerprint density at radius 2 is 2.05 bits per heavy atom. The molecule has 0 aromatic carbocycles. The highest BCUT2D eigenvalue weighted by Crippen LogP contribution is 2.19. The fourth-order valence-corrected chi connectivity index (χ4v) is 1.63. The van der Waals surface area contributed by atoms with Gasteiger partial charge >= 0.3 is 0 Å². The summed E-state index contributed by atoms with van der Waals surface area (Å²) < 4.78 is 0. The molecule has 0 saturated heterocycles. The van der Waals surface area contributed by atoms with Gasteiger partial charge in [-0.1, -0.05) is 25.7 Å². The number of rotatable bonds is 8. The summed E-state index contributed by atoms with van der Waals surface area (Å²) in [7, 11) is 3.62. The van der Waals surface area contributed by atoms with Gasteiger partial charge in [-0.15, -0.1) is 0 Å². The average Bonchev–Trinajstić information content (AvgIpc) is 2.46. The summed E-state index contributed by atoms with van der Waals surface area (Å²) in [5, 5.41) is 3.04. The summed E-state index contributed by atoms with van der Waals surface area (Å²) >= 11 is 0. The Labute approximate surface area is 129 Å². The maximum absolute atomic E-state index is 4.41. The Morgan fingerprint density at radius 3 is 2.57 bits per heavy atom. The van der Waals surface area contributed by atoms with E-state index in [0.29, 0.717) is 0 Å². The molecule has 0 aromatic heterocycles. The van der Waals surface area contributed by atoms with Crippen molar-refractivity contribution in [3.05, 3.63) is 59.5 Å². The number of allylic oxidation sites excluding steroid dienone is 6. The molecule has 114 valence electrons. The molecule has 3 nitrogen and oxygen atoms in total. The molecule has 0 amide bonds. The summed E-state index contributed by atoms with van der Waals surface area (Å²) in [6.07, 6.45) is 14.5. The summed E-state index contributed by atoms with van der Waals surface area (Å²) in [5.41, 5.74) is 4.05. The number of aliphatic imine (C=N–C) groups is 2. The van der Waals surface area contributed by atoms with E-state index in [-0.39, 0.29) is 0 Å². The van der Waals surface area contributed by atoms with Crippen LogP contribution >= 0.6 is 0 Å². The molecule has 3 heteroatoms. The van der Waals surface area contributed by atoms with E-state index in [1.165, 1.54) is 0 Å². The average molecular weight is 285 g/mol. The van der Waals surface area contributed by atoms with Crippen LogP contribution in [0.3, 0.4) is 0 Å². The maximum Gasteiger partial charge on any atom is 0.0851 e. The van der Waals surface area contributed by atoms with E-state index < -0.39 is 0 Å². The van der Waals surface area contributed by atoms with Crippen molar-refractivity contribution in [2.75, 3.05) is 14.1 Å². The zero-order valence-electron chi connectivity index (χ0n) is 13.9. The summed E-state index contributed by atoms with van der Waals surface area (Å²) in [4.78, 5) is 8.33. The lowest BCUT2D eigenvalue weighted by molar-refractivity contribution is 1.06. The van der Waals surface area contributed by atoms with Gasteiger partial charge in [-0.2, -0.15) is 0 Å². The highest BCUT2D eigenvalue weighted by atomic mass is 14.8. The Bertz CT molecular complexity index is 501. The minimum Gasteiger partial charge on any atom is -0.392 e. The van der Waals surface area contributed by atoms with Crippen molar-refractivity contribution in [2.24, 2.45) is 9.98 Å². The summed E-state index contributed by atoms with van der Waals surface area (Å²) in [6.45, 7) is 10.1. The van der Waals surface area contributed by atoms with Crippen LogP contribution in [0, 0.1) is 0 Å². The Kier molecular flexibility index (Phi) is 10.5. The maximum atomic E-state index is 4.41. The lowest BCUT2D eigenvalue weighted by Crippen LogP contribution is -1.98. The number of hydrogen-bond acceptors (Lipinski definition) is 3. The van der Waals surface area contributed by atoms with Crippen molar-refractivity contribution in [1.29, 1.82) is 0 Å². The molecule has 0 fully saturated rings. The van der Waals surface area contributed by atoms with Gasteiger partial charge in [0.25, 0.3) is 0 Å². The molecule has 0 aromatic rings. The van der Waals surface area contributed by atoms with E-state index in [4.69, 9.17) is 0 Å². The van der Waals surface area contributed by atoms with Crippen molar-refractivity contribution >= 4 is 12.4 Å². The second-order valence-electron chi connectivity index (χ2n) is 4.39. The van der Waals surface area contributed by atoms with Crippen LogP contribution in [0.25, 0.3) is 0 Å². The van der Waals surface area contributed by atoms with E-state index in [2.05, 4.69) is 41.0 Å². The zero-order valence-corrected chi connectivity index (χ0v) is 13.9. The minimum absolute atomic E-state index is 0.910. The van der Waals surface area contributed by atoms with Gasteiger partial charge in [0.1, 0.15) is 0 Å². The predicted octanol–water partition coefficient (Wildman–Crippen LogP) is 4.23. The first-order chi connectivity index (χ1) is 10.1. The van der Waals surface area contributed by atoms with Crippen LogP contribution in [-0.4, -0.2) is 26.5 Å². The lowest BCUT2D eigenvalue weighted by atomic mass is 10.0. The quantitative estimate of drug-likeness (QED) is 0.526. The first-order valence-electron chi connectivity index (χ1n) is 7.13.